The molecule has 0 N–H and O–H groups in total. The first-order valence-electron chi connectivity index (χ1n) is 11.3. The summed E-state index contributed by atoms with van der Waals surface area (Å²) in [6, 6.07) is 16.4. The van der Waals surface area contributed by atoms with Crippen molar-refractivity contribution in [3.05, 3.63) is 59.3 Å². The lowest BCUT2D eigenvalue weighted by Gasteiger charge is -2.35. The standard InChI is InChI=1S/C24H30N4OS/c1-2-8-19(9-3-1)18-28-16-5-11-21(28)20-10-4-14-27(20)15-6-13-23-25-24(26-29-23)22-12-7-17-30-22/h1-3,7-9,12,17,20-21H,4-6,10-11,13-16,18H2. The van der Waals surface area contributed by atoms with E-state index in [1.54, 1.807) is 11.3 Å². The second-order valence-corrected chi connectivity index (χ2v) is 9.45. The van der Waals surface area contributed by atoms with E-state index >= 15 is 0 Å². The summed E-state index contributed by atoms with van der Waals surface area (Å²) in [6.07, 6.45) is 7.26. The first-order chi connectivity index (χ1) is 14.9. The predicted molar refractivity (Wildman–Crippen MR) is 120 cm³/mol. The first kappa shape index (κ1) is 19.9. The molecule has 0 saturated carbocycles. The van der Waals surface area contributed by atoms with E-state index < -0.39 is 0 Å². The number of likely N-dealkylation sites (tertiary alicyclic amines) is 2. The molecule has 5 nitrogen and oxygen atoms in total. The maximum atomic E-state index is 5.48. The van der Waals surface area contributed by atoms with Crippen LogP contribution in [0.25, 0.3) is 10.7 Å². The van der Waals surface area contributed by atoms with Gasteiger partial charge in [0.15, 0.2) is 0 Å². The summed E-state index contributed by atoms with van der Waals surface area (Å²) >= 11 is 1.65. The van der Waals surface area contributed by atoms with Crippen LogP contribution in [0.4, 0.5) is 0 Å². The molecule has 5 rings (SSSR count). The summed E-state index contributed by atoms with van der Waals surface area (Å²) < 4.78 is 5.48. The van der Waals surface area contributed by atoms with Crippen LogP contribution in [-0.2, 0) is 13.0 Å². The van der Waals surface area contributed by atoms with Crippen molar-refractivity contribution in [2.45, 2.75) is 57.2 Å². The van der Waals surface area contributed by atoms with Crippen molar-refractivity contribution in [2.24, 2.45) is 0 Å². The molecule has 1 aromatic carbocycles. The molecule has 0 spiro atoms. The molecule has 0 radical (unpaired) electrons. The summed E-state index contributed by atoms with van der Waals surface area (Å²) in [5, 5.41) is 6.19. The second kappa shape index (κ2) is 9.41. The van der Waals surface area contributed by atoms with Gasteiger partial charge in [0.2, 0.25) is 11.7 Å². The van der Waals surface area contributed by atoms with Gasteiger partial charge in [0.25, 0.3) is 0 Å². The van der Waals surface area contributed by atoms with Gasteiger partial charge in [-0.3, -0.25) is 9.80 Å². The highest BCUT2D eigenvalue weighted by molar-refractivity contribution is 7.13. The topological polar surface area (TPSA) is 45.4 Å². The highest BCUT2D eigenvalue weighted by Gasteiger charge is 2.37. The van der Waals surface area contributed by atoms with E-state index in [1.165, 1.54) is 44.3 Å². The van der Waals surface area contributed by atoms with Crippen LogP contribution in [-0.4, -0.2) is 51.7 Å². The van der Waals surface area contributed by atoms with Crippen LogP contribution in [0.3, 0.4) is 0 Å². The molecule has 2 atom stereocenters. The highest BCUT2D eigenvalue weighted by Crippen LogP contribution is 2.31. The molecule has 0 bridgehead atoms. The Labute approximate surface area is 182 Å². The molecule has 2 saturated heterocycles. The number of benzene rings is 1. The zero-order valence-electron chi connectivity index (χ0n) is 17.4. The first-order valence-corrected chi connectivity index (χ1v) is 12.1. The minimum absolute atomic E-state index is 0.695. The van der Waals surface area contributed by atoms with E-state index in [1.807, 2.05) is 17.5 Å². The van der Waals surface area contributed by atoms with Crippen LogP contribution in [0.2, 0.25) is 0 Å². The van der Waals surface area contributed by atoms with Gasteiger partial charge in [0, 0.05) is 25.0 Å². The maximum absolute atomic E-state index is 5.48. The number of aryl methyl sites for hydroxylation is 1. The Morgan fingerprint density at radius 2 is 1.77 bits per heavy atom. The Morgan fingerprint density at radius 3 is 2.57 bits per heavy atom. The summed E-state index contributed by atoms with van der Waals surface area (Å²) in [5.74, 6) is 1.49. The lowest BCUT2D eigenvalue weighted by atomic mass is 10.0. The van der Waals surface area contributed by atoms with Gasteiger partial charge in [-0.25, -0.2) is 0 Å². The molecule has 0 amide bonds. The Balaban J connectivity index is 1.15. The number of hydrogen-bond donors (Lipinski definition) is 0. The number of nitrogens with zero attached hydrogens (tertiary/aromatic N) is 4. The molecule has 158 valence electrons. The normalized spacial score (nSPS) is 22.8. The molecule has 2 fully saturated rings. The summed E-state index contributed by atoms with van der Waals surface area (Å²) in [6.45, 7) is 4.67. The lowest BCUT2D eigenvalue weighted by molar-refractivity contribution is 0.127. The van der Waals surface area contributed by atoms with Gasteiger partial charge in [-0.05, 0) is 68.7 Å². The minimum atomic E-state index is 0.695. The van der Waals surface area contributed by atoms with Crippen LogP contribution in [0.5, 0.6) is 0 Å². The van der Waals surface area contributed by atoms with E-state index in [4.69, 9.17) is 4.52 Å². The summed E-state index contributed by atoms with van der Waals surface area (Å²) in [7, 11) is 0. The SMILES string of the molecule is c1ccc(CN2CCCC2C2CCCN2CCCc2nc(-c3cccs3)no2)cc1. The van der Waals surface area contributed by atoms with Crippen molar-refractivity contribution in [1.82, 2.24) is 19.9 Å². The smallest absolute Gasteiger partial charge is 0.227 e. The number of rotatable bonds is 8. The van der Waals surface area contributed by atoms with Gasteiger partial charge < -0.3 is 4.52 Å². The number of thiophene rings is 1. The van der Waals surface area contributed by atoms with Gasteiger partial charge >= 0.3 is 0 Å². The lowest BCUT2D eigenvalue weighted by Crippen LogP contribution is -2.46. The van der Waals surface area contributed by atoms with Crippen molar-refractivity contribution in [1.29, 1.82) is 0 Å². The fourth-order valence-corrected chi connectivity index (χ4v) is 5.81. The Kier molecular flexibility index (Phi) is 6.25. The van der Waals surface area contributed by atoms with Crippen LogP contribution in [0.1, 0.15) is 43.6 Å². The molecule has 2 aliphatic rings. The van der Waals surface area contributed by atoms with Crippen molar-refractivity contribution >= 4 is 11.3 Å². The zero-order valence-corrected chi connectivity index (χ0v) is 18.3. The Hall–Kier alpha value is -2.02. The molecular weight excluding hydrogens is 392 g/mol. The van der Waals surface area contributed by atoms with Crippen molar-refractivity contribution in [3.8, 4) is 10.7 Å². The molecule has 3 aromatic rings. The van der Waals surface area contributed by atoms with Crippen molar-refractivity contribution < 1.29 is 4.52 Å². The second-order valence-electron chi connectivity index (χ2n) is 8.50. The summed E-state index contributed by atoms with van der Waals surface area (Å²) in [4.78, 5) is 11.1. The summed E-state index contributed by atoms with van der Waals surface area (Å²) in [5.41, 5.74) is 1.44. The third-order valence-electron chi connectivity index (χ3n) is 6.55. The highest BCUT2D eigenvalue weighted by atomic mass is 32.1. The number of aromatic nitrogens is 2. The molecule has 4 heterocycles. The average Bonchev–Trinajstić information content (AvgIpc) is 3.56. The van der Waals surface area contributed by atoms with E-state index in [-0.39, 0.29) is 0 Å². The molecule has 2 aromatic heterocycles. The van der Waals surface area contributed by atoms with Crippen LogP contribution in [0, 0.1) is 0 Å². The third-order valence-corrected chi connectivity index (χ3v) is 7.41. The van der Waals surface area contributed by atoms with Gasteiger partial charge in [-0.2, -0.15) is 4.98 Å². The van der Waals surface area contributed by atoms with Crippen molar-refractivity contribution in [3.63, 3.8) is 0 Å². The minimum Gasteiger partial charge on any atom is -0.339 e. The van der Waals surface area contributed by atoms with Gasteiger partial charge in [0.1, 0.15) is 0 Å². The maximum Gasteiger partial charge on any atom is 0.227 e. The van der Waals surface area contributed by atoms with Crippen LogP contribution in [0.15, 0.2) is 52.4 Å². The molecule has 2 aliphatic heterocycles. The van der Waals surface area contributed by atoms with E-state index in [0.29, 0.717) is 12.1 Å². The van der Waals surface area contributed by atoms with Gasteiger partial charge in [0.05, 0.1) is 4.88 Å². The fraction of sp³-hybridized carbons (Fsp3) is 0.500. The Bertz CT molecular complexity index is 910. The van der Waals surface area contributed by atoms with Crippen LogP contribution < -0.4 is 0 Å². The van der Waals surface area contributed by atoms with Crippen LogP contribution >= 0.6 is 11.3 Å². The molecule has 0 aliphatic carbocycles. The number of hydrogen-bond acceptors (Lipinski definition) is 6. The largest absolute Gasteiger partial charge is 0.339 e. The quantitative estimate of drug-likeness (QED) is 0.519. The van der Waals surface area contributed by atoms with E-state index in [0.717, 1.165) is 42.5 Å². The zero-order chi connectivity index (χ0) is 20.2. The molecular formula is C24H30N4OS. The van der Waals surface area contributed by atoms with Gasteiger partial charge in [-0.1, -0.05) is 41.6 Å². The third kappa shape index (κ3) is 4.51. The average molecular weight is 423 g/mol. The monoisotopic (exact) mass is 422 g/mol. The fourth-order valence-electron chi connectivity index (χ4n) is 5.16. The predicted octanol–water partition coefficient (Wildman–Crippen LogP) is 4.86. The molecule has 2 unspecified atom stereocenters. The van der Waals surface area contributed by atoms with Crippen molar-refractivity contribution in [2.75, 3.05) is 19.6 Å². The molecule has 6 heteroatoms. The van der Waals surface area contributed by atoms with E-state index in [2.05, 4.69) is 50.3 Å². The van der Waals surface area contributed by atoms with E-state index in [9.17, 15) is 0 Å². The molecule has 30 heavy (non-hydrogen) atoms. The van der Waals surface area contributed by atoms with Gasteiger partial charge in [-0.15, -0.1) is 11.3 Å². The Morgan fingerprint density at radius 1 is 0.967 bits per heavy atom.